The molecule has 4 rings (SSSR count). The minimum absolute atomic E-state index is 0.0601. The number of H-pyrrole nitrogens is 1. The molecule has 1 saturated heterocycles. The highest BCUT2D eigenvalue weighted by Crippen LogP contribution is 2.41. The number of carbonyl (C=O) groups excluding carboxylic acids is 2. The molecule has 0 aliphatic carbocycles. The molecule has 41 heavy (non-hydrogen) atoms. The van der Waals surface area contributed by atoms with Crippen LogP contribution in [0.5, 0.6) is 0 Å². The first-order valence-electron chi connectivity index (χ1n) is 13.7. The topological polar surface area (TPSA) is 143 Å². The second-order valence-electron chi connectivity index (χ2n) is 10.6. The van der Waals surface area contributed by atoms with E-state index in [-0.39, 0.29) is 23.9 Å². The van der Waals surface area contributed by atoms with Gasteiger partial charge in [0.2, 0.25) is 0 Å². The number of rotatable bonds is 11. The van der Waals surface area contributed by atoms with Gasteiger partial charge in [-0.15, -0.1) is 10.2 Å². The number of amides is 2. The lowest BCUT2D eigenvalue weighted by molar-refractivity contribution is 0.0827. The van der Waals surface area contributed by atoms with E-state index in [0.29, 0.717) is 29.9 Å². The maximum atomic E-state index is 12.6. The molecule has 3 atom stereocenters. The number of aromatic nitrogens is 4. The third-order valence-electron chi connectivity index (χ3n) is 7.70. The van der Waals surface area contributed by atoms with Crippen LogP contribution in [0.25, 0.3) is 0 Å². The number of aromatic amines is 1. The van der Waals surface area contributed by atoms with Crippen LogP contribution in [0.3, 0.4) is 0 Å². The van der Waals surface area contributed by atoms with Crippen molar-refractivity contribution in [3.05, 3.63) is 88.9 Å². The summed E-state index contributed by atoms with van der Waals surface area (Å²) in [6.45, 7) is 7.67. The highest BCUT2D eigenvalue weighted by atomic mass is 16.2. The molecule has 2 heterocycles. The van der Waals surface area contributed by atoms with E-state index in [1.54, 1.807) is 45.4 Å². The number of hydrogen-bond donors (Lipinski definition) is 3. The molecule has 1 fully saturated rings. The second-order valence-corrected chi connectivity index (χ2v) is 10.6. The van der Waals surface area contributed by atoms with Gasteiger partial charge in [0, 0.05) is 57.1 Å². The largest absolute Gasteiger partial charge is 0.358 e. The van der Waals surface area contributed by atoms with Crippen molar-refractivity contribution in [1.29, 1.82) is 5.26 Å². The fourth-order valence-corrected chi connectivity index (χ4v) is 5.50. The van der Waals surface area contributed by atoms with Crippen molar-refractivity contribution >= 4 is 11.8 Å². The molecular formula is C30H37N9O2. The Morgan fingerprint density at radius 2 is 1.80 bits per heavy atom. The van der Waals surface area contributed by atoms with Crippen molar-refractivity contribution < 1.29 is 9.59 Å². The Bertz CT molecular complexity index is 1400. The van der Waals surface area contributed by atoms with E-state index in [1.165, 1.54) is 4.90 Å². The average molecular weight is 556 g/mol. The van der Waals surface area contributed by atoms with Crippen LogP contribution in [-0.2, 0) is 5.41 Å². The van der Waals surface area contributed by atoms with Crippen molar-refractivity contribution in [2.24, 2.45) is 0 Å². The number of nitrogens with zero attached hydrogens (tertiary/aromatic N) is 6. The van der Waals surface area contributed by atoms with Gasteiger partial charge < -0.3 is 20.4 Å². The van der Waals surface area contributed by atoms with Crippen LogP contribution in [0.1, 0.15) is 63.9 Å². The molecule has 3 aromatic rings. The van der Waals surface area contributed by atoms with Crippen LogP contribution in [0.4, 0.5) is 0 Å². The number of nitriles is 1. The van der Waals surface area contributed by atoms with Gasteiger partial charge in [0.05, 0.1) is 11.5 Å². The van der Waals surface area contributed by atoms with Crippen molar-refractivity contribution in [3.63, 3.8) is 0 Å². The molecule has 0 saturated carbocycles. The van der Waals surface area contributed by atoms with E-state index in [2.05, 4.69) is 55.7 Å². The third-order valence-corrected chi connectivity index (χ3v) is 7.70. The van der Waals surface area contributed by atoms with Crippen LogP contribution in [0.2, 0.25) is 0 Å². The lowest BCUT2D eigenvalue weighted by Crippen LogP contribution is -2.41. The summed E-state index contributed by atoms with van der Waals surface area (Å²) in [5, 5.41) is 31.1. The summed E-state index contributed by atoms with van der Waals surface area (Å²) in [5.74, 6) is 0.190. The summed E-state index contributed by atoms with van der Waals surface area (Å²) in [6.07, 6.45) is 2.36. The molecule has 0 bridgehead atoms. The quantitative estimate of drug-likeness (QED) is 0.328. The molecule has 214 valence electrons. The number of hydrogen-bond acceptors (Lipinski definition) is 8. The molecule has 11 nitrogen and oxygen atoms in total. The lowest BCUT2D eigenvalue weighted by atomic mass is 9.69. The van der Waals surface area contributed by atoms with Crippen molar-refractivity contribution in [2.75, 3.05) is 34.2 Å². The summed E-state index contributed by atoms with van der Waals surface area (Å²) in [7, 11) is 5.03. The van der Waals surface area contributed by atoms with Gasteiger partial charge in [0.1, 0.15) is 6.04 Å². The molecular weight excluding hydrogens is 518 g/mol. The summed E-state index contributed by atoms with van der Waals surface area (Å²) in [4.78, 5) is 28.5. The Hall–Kier alpha value is -4.56. The molecule has 0 radical (unpaired) electrons. The van der Waals surface area contributed by atoms with Crippen LogP contribution in [0, 0.1) is 11.3 Å². The minimum atomic E-state index is -0.871. The smallest absolute Gasteiger partial charge is 0.253 e. The number of nitrogens with one attached hydrogen (secondary N) is 3. The fourth-order valence-electron chi connectivity index (χ4n) is 5.50. The van der Waals surface area contributed by atoms with E-state index in [1.807, 2.05) is 24.3 Å². The standard InChI is InChI=1S/C30H37N9O2/c1-20(33-19-21(2)39-16-6-7-26(39)18-31)17-30(29-34-36-37-35-29,24-12-8-22(9-13-24)27(40)32-3)25-14-10-23(11-15-25)28(41)38(4)5/h8-15,20,26,33H,2,6-7,16-17,19H2,1,3-5H3,(H,32,40)(H,34,35,36,37)/t20-,26?,30?/m1/s1. The zero-order valence-electron chi connectivity index (χ0n) is 24.0. The Balaban J connectivity index is 1.72. The zero-order valence-corrected chi connectivity index (χ0v) is 24.0. The van der Waals surface area contributed by atoms with Crippen LogP contribution in [-0.4, -0.2) is 88.6 Å². The van der Waals surface area contributed by atoms with E-state index in [0.717, 1.165) is 36.2 Å². The van der Waals surface area contributed by atoms with E-state index in [9.17, 15) is 14.9 Å². The summed E-state index contributed by atoms with van der Waals surface area (Å²) < 4.78 is 0. The zero-order chi connectivity index (χ0) is 29.6. The predicted molar refractivity (Wildman–Crippen MR) is 155 cm³/mol. The summed E-state index contributed by atoms with van der Waals surface area (Å²) >= 11 is 0. The molecule has 11 heteroatoms. The lowest BCUT2D eigenvalue weighted by Gasteiger charge is -2.35. The molecule has 2 unspecified atom stereocenters. The van der Waals surface area contributed by atoms with Crippen LogP contribution < -0.4 is 10.6 Å². The van der Waals surface area contributed by atoms with Gasteiger partial charge in [0.25, 0.3) is 11.8 Å². The van der Waals surface area contributed by atoms with Gasteiger partial charge in [-0.25, -0.2) is 0 Å². The summed E-state index contributed by atoms with van der Waals surface area (Å²) in [5.41, 5.74) is 2.85. The molecule has 3 N–H and O–H groups in total. The van der Waals surface area contributed by atoms with Gasteiger partial charge in [0.15, 0.2) is 5.82 Å². The molecule has 1 aromatic heterocycles. The molecule has 2 amide bonds. The van der Waals surface area contributed by atoms with Gasteiger partial charge in [-0.1, -0.05) is 36.1 Å². The number of carbonyl (C=O) groups is 2. The van der Waals surface area contributed by atoms with Crippen LogP contribution >= 0.6 is 0 Å². The predicted octanol–water partition coefficient (Wildman–Crippen LogP) is 2.47. The van der Waals surface area contributed by atoms with Gasteiger partial charge in [-0.3, -0.25) is 9.59 Å². The monoisotopic (exact) mass is 555 g/mol. The Kier molecular flexibility index (Phi) is 9.14. The highest BCUT2D eigenvalue weighted by Gasteiger charge is 2.42. The van der Waals surface area contributed by atoms with Gasteiger partial charge in [-0.2, -0.15) is 10.5 Å². The van der Waals surface area contributed by atoms with Crippen molar-refractivity contribution in [2.45, 2.75) is 43.7 Å². The van der Waals surface area contributed by atoms with E-state index in [4.69, 9.17) is 0 Å². The molecule has 1 aliphatic rings. The van der Waals surface area contributed by atoms with Gasteiger partial charge in [-0.05, 0) is 61.6 Å². The number of likely N-dealkylation sites (tertiary alicyclic amines) is 1. The maximum Gasteiger partial charge on any atom is 0.253 e. The van der Waals surface area contributed by atoms with E-state index < -0.39 is 5.41 Å². The van der Waals surface area contributed by atoms with Crippen molar-refractivity contribution in [3.8, 4) is 6.07 Å². The first kappa shape index (κ1) is 29.4. The average Bonchev–Trinajstić information content (AvgIpc) is 3.71. The highest BCUT2D eigenvalue weighted by molar-refractivity contribution is 5.94. The Labute approximate surface area is 240 Å². The third kappa shape index (κ3) is 6.12. The van der Waals surface area contributed by atoms with Crippen molar-refractivity contribution in [1.82, 2.24) is 41.1 Å². The molecule has 1 aliphatic heterocycles. The Morgan fingerprint density at radius 3 is 2.34 bits per heavy atom. The SMILES string of the molecule is C=C(CN[C@H](C)CC(c1ccc(C(=O)NC)cc1)(c1ccc(C(=O)N(C)C)cc1)c1nn[nH]n1)N1CCCC1C#N. The second kappa shape index (κ2) is 12.7. The Morgan fingerprint density at radius 1 is 1.17 bits per heavy atom. The number of benzene rings is 2. The molecule has 2 aromatic carbocycles. The first-order chi connectivity index (χ1) is 19.7. The fraction of sp³-hybridized carbons (Fsp3) is 0.400. The summed E-state index contributed by atoms with van der Waals surface area (Å²) in [6, 6.07) is 17.0. The maximum absolute atomic E-state index is 12.6. The normalized spacial score (nSPS) is 16.9. The van der Waals surface area contributed by atoms with E-state index >= 15 is 0 Å². The first-order valence-corrected chi connectivity index (χ1v) is 13.7. The number of tetrazole rings is 1. The molecule has 0 spiro atoms. The van der Waals surface area contributed by atoms with Gasteiger partial charge >= 0.3 is 0 Å². The minimum Gasteiger partial charge on any atom is -0.358 e. The van der Waals surface area contributed by atoms with Crippen LogP contribution in [0.15, 0.2) is 60.8 Å².